The first-order chi connectivity index (χ1) is 13.2. The molecule has 4 aromatic heterocycles. The fourth-order valence-electron chi connectivity index (χ4n) is 3.56. The molecule has 0 saturated heterocycles. The number of aromatic amines is 1. The number of aryl methyl sites for hydroxylation is 2. The van der Waals surface area contributed by atoms with E-state index in [0.29, 0.717) is 5.95 Å². The first-order valence-electron chi connectivity index (χ1n) is 8.85. The molecule has 1 aromatic carbocycles. The van der Waals surface area contributed by atoms with Gasteiger partial charge >= 0.3 is 0 Å². The lowest BCUT2D eigenvalue weighted by Gasteiger charge is -2.11. The van der Waals surface area contributed by atoms with E-state index in [1.807, 2.05) is 13.0 Å². The minimum Gasteiger partial charge on any atom is -0.339 e. The van der Waals surface area contributed by atoms with E-state index < -0.39 is 0 Å². The summed E-state index contributed by atoms with van der Waals surface area (Å²) < 4.78 is 4.41. The highest BCUT2D eigenvalue weighted by Crippen LogP contribution is 2.29. The molecule has 5 aromatic rings. The van der Waals surface area contributed by atoms with Crippen LogP contribution in [0.4, 0.5) is 11.6 Å². The number of nitrogens with one attached hydrogen (secondary N) is 2. The van der Waals surface area contributed by atoms with Gasteiger partial charge in [0.2, 0.25) is 5.95 Å². The third-order valence-electron chi connectivity index (χ3n) is 4.85. The Morgan fingerprint density at radius 1 is 1.04 bits per heavy atom. The van der Waals surface area contributed by atoms with Gasteiger partial charge in [0.05, 0.1) is 16.7 Å². The molecule has 0 bridgehead atoms. The molecule has 5 rings (SSSR count). The molecular weight excluding hydrogens is 338 g/mol. The molecule has 0 saturated carbocycles. The Balaban J connectivity index is 1.73. The van der Waals surface area contributed by atoms with Crippen molar-refractivity contribution in [1.29, 1.82) is 0 Å². The summed E-state index contributed by atoms with van der Waals surface area (Å²) in [5, 5.41) is 12.0. The first kappa shape index (κ1) is 15.6. The van der Waals surface area contributed by atoms with Crippen LogP contribution in [0.5, 0.6) is 0 Å². The van der Waals surface area contributed by atoms with E-state index in [1.54, 1.807) is 12.4 Å². The quantitative estimate of drug-likeness (QED) is 0.513. The lowest BCUT2D eigenvalue weighted by Crippen LogP contribution is -2.03. The standard InChI is InChI=1S/C20H19N7/c1-13-10-18-17(26(13)12-15-6-4-3-5-7-15)11-16(23-20-21-8-9-22-20)19-25-24-14(2)27(18)19/h3-11H,12H2,1-2H3,(H2,21,22,23). The Morgan fingerprint density at radius 2 is 1.89 bits per heavy atom. The smallest absolute Gasteiger partial charge is 0.204 e. The number of hydrogen-bond donors (Lipinski definition) is 2. The highest BCUT2D eigenvalue weighted by atomic mass is 15.3. The van der Waals surface area contributed by atoms with Crippen LogP contribution in [0.15, 0.2) is 54.9 Å². The Hall–Kier alpha value is -3.61. The van der Waals surface area contributed by atoms with E-state index in [-0.39, 0.29) is 0 Å². The highest BCUT2D eigenvalue weighted by Gasteiger charge is 2.16. The molecule has 0 fully saturated rings. The topological polar surface area (TPSA) is 75.8 Å². The molecule has 2 N–H and O–H groups in total. The van der Waals surface area contributed by atoms with Gasteiger partial charge in [0.25, 0.3) is 0 Å². The van der Waals surface area contributed by atoms with Gasteiger partial charge < -0.3 is 14.9 Å². The minimum atomic E-state index is 0.676. The van der Waals surface area contributed by atoms with Gasteiger partial charge in [-0.15, -0.1) is 10.2 Å². The van der Waals surface area contributed by atoms with Crippen molar-refractivity contribution in [3.8, 4) is 0 Å². The van der Waals surface area contributed by atoms with Gasteiger partial charge in [0.1, 0.15) is 5.82 Å². The molecule has 0 unspecified atom stereocenters. The van der Waals surface area contributed by atoms with Crippen molar-refractivity contribution in [2.45, 2.75) is 20.4 Å². The number of nitrogens with zero attached hydrogens (tertiary/aromatic N) is 5. The molecule has 7 nitrogen and oxygen atoms in total. The molecular formula is C20H19N7. The second kappa shape index (κ2) is 5.98. The molecule has 0 atom stereocenters. The van der Waals surface area contributed by atoms with Crippen molar-refractivity contribution in [3.63, 3.8) is 0 Å². The van der Waals surface area contributed by atoms with Gasteiger partial charge in [-0.3, -0.25) is 4.40 Å². The van der Waals surface area contributed by atoms with Gasteiger partial charge in [0, 0.05) is 24.6 Å². The maximum Gasteiger partial charge on any atom is 0.204 e. The van der Waals surface area contributed by atoms with E-state index in [0.717, 1.165) is 34.7 Å². The summed E-state index contributed by atoms with van der Waals surface area (Å²) in [4.78, 5) is 7.35. The molecule has 7 heteroatoms. The number of anilines is 2. The third kappa shape index (κ3) is 2.55. The zero-order chi connectivity index (χ0) is 18.4. The number of benzene rings is 1. The maximum atomic E-state index is 4.37. The van der Waals surface area contributed by atoms with Crippen LogP contribution < -0.4 is 5.32 Å². The van der Waals surface area contributed by atoms with Crippen LogP contribution in [0.1, 0.15) is 17.1 Å². The van der Waals surface area contributed by atoms with Gasteiger partial charge in [-0.25, -0.2) is 4.98 Å². The molecule has 4 heterocycles. The number of H-pyrrole nitrogens is 1. The number of imidazole rings is 1. The third-order valence-corrected chi connectivity index (χ3v) is 4.85. The van der Waals surface area contributed by atoms with Crippen molar-refractivity contribution in [3.05, 3.63) is 71.9 Å². The lowest BCUT2D eigenvalue weighted by atomic mass is 10.2. The zero-order valence-electron chi connectivity index (χ0n) is 15.1. The van der Waals surface area contributed by atoms with Crippen LogP contribution in [0.2, 0.25) is 0 Å². The zero-order valence-corrected chi connectivity index (χ0v) is 15.1. The summed E-state index contributed by atoms with van der Waals surface area (Å²) in [6.07, 6.45) is 3.50. The van der Waals surface area contributed by atoms with Gasteiger partial charge in [-0.05, 0) is 31.5 Å². The molecule has 134 valence electrons. The number of pyridine rings is 1. The molecule has 0 radical (unpaired) electrons. The summed E-state index contributed by atoms with van der Waals surface area (Å²) in [6, 6.07) is 14.8. The lowest BCUT2D eigenvalue weighted by molar-refractivity contribution is 0.805. The van der Waals surface area contributed by atoms with E-state index in [4.69, 9.17) is 0 Å². The van der Waals surface area contributed by atoms with Crippen LogP contribution in [0, 0.1) is 13.8 Å². The van der Waals surface area contributed by atoms with Crippen molar-refractivity contribution in [1.82, 2.24) is 29.1 Å². The first-order valence-corrected chi connectivity index (χ1v) is 8.85. The average Bonchev–Trinajstić information content (AvgIpc) is 3.38. The highest BCUT2D eigenvalue weighted by molar-refractivity contribution is 5.89. The second-order valence-corrected chi connectivity index (χ2v) is 6.65. The number of fused-ring (bicyclic) bond motifs is 3. The molecule has 0 amide bonds. The maximum absolute atomic E-state index is 4.37. The molecule has 0 spiro atoms. The summed E-state index contributed by atoms with van der Waals surface area (Å²) >= 11 is 0. The van der Waals surface area contributed by atoms with Crippen molar-refractivity contribution < 1.29 is 0 Å². The predicted octanol–water partition coefficient (Wildman–Crippen LogP) is 3.82. The SMILES string of the molecule is Cc1cc2c(cc(Nc3ncc[nH]3)c3nnc(C)n32)n1Cc1ccccc1. The molecule has 0 aliphatic rings. The summed E-state index contributed by atoms with van der Waals surface area (Å²) in [5.74, 6) is 1.53. The van der Waals surface area contributed by atoms with Crippen LogP contribution in [0.25, 0.3) is 16.7 Å². The summed E-state index contributed by atoms with van der Waals surface area (Å²) in [5.41, 5.74) is 6.34. The summed E-state index contributed by atoms with van der Waals surface area (Å²) in [6.45, 7) is 4.91. The monoisotopic (exact) mass is 357 g/mol. The van der Waals surface area contributed by atoms with Crippen LogP contribution in [-0.4, -0.2) is 29.1 Å². The van der Waals surface area contributed by atoms with Crippen LogP contribution in [0.3, 0.4) is 0 Å². The van der Waals surface area contributed by atoms with E-state index in [1.165, 1.54) is 11.3 Å². The van der Waals surface area contributed by atoms with Gasteiger partial charge in [-0.2, -0.15) is 0 Å². The minimum absolute atomic E-state index is 0.676. The van der Waals surface area contributed by atoms with Crippen molar-refractivity contribution in [2.24, 2.45) is 0 Å². The number of aromatic nitrogens is 6. The predicted molar refractivity (Wildman–Crippen MR) is 105 cm³/mol. The number of hydrogen-bond acceptors (Lipinski definition) is 4. The number of rotatable bonds is 4. The fourth-order valence-corrected chi connectivity index (χ4v) is 3.56. The van der Waals surface area contributed by atoms with Crippen molar-refractivity contribution in [2.75, 3.05) is 5.32 Å². The Morgan fingerprint density at radius 3 is 2.67 bits per heavy atom. The molecule has 27 heavy (non-hydrogen) atoms. The Kier molecular flexibility index (Phi) is 3.46. The van der Waals surface area contributed by atoms with E-state index >= 15 is 0 Å². The molecule has 0 aliphatic carbocycles. The van der Waals surface area contributed by atoms with Gasteiger partial charge in [-0.1, -0.05) is 30.3 Å². The van der Waals surface area contributed by atoms with Gasteiger partial charge in [0.15, 0.2) is 5.65 Å². The van der Waals surface area contributed by atoms with Crippen LogP contribution in [-0.2, 0) is 6.54 Å². The van der Waals surface area contributed by atoms with E-state index in [2.05, 4.69) is 77.8 Å². The second-order valence-electron chi connectivity index (χ2n) is 6.65. The van der Waals surface area contributed by atoms with E-state index in [9.17, 15) is 0 Å². The normalized spacial score (nSPS) is 11.5. The summed E-state index contributed by atoms with van der Waals surface area (Å²) in [7, 11) is 0. The largest absolute Gasteiger partial charge is 0.339 e. The fraction of sp³-hybridized carbons (Fsp3) is 0.150. The van der Waals surface area contributed by atoms with Crippen LogP contribution >= 0.6 is 0 Å². The Labute approximate surface area is 155 Å². The average molecular weight is 357 g/mol. The molecule has 0 aliphatic heterocycles. The Bertz CT molecular complexity index is 1230. The van der Waals surface area contributed by atoms with Crippen molar-refractivity contribution >= 4 is 28.3 Å².